The van der Waals surface area contributed by atoms with Crippen molar-refractivity contribution in [2.45, 2.75) is 18.8 Å². The molecule has 0 bridgehead atoms. The van der Waals surface area contributed by atoms with Crippen molar-refractivity contribution in [1.82, 2.24) is 0 Å². The van der Waals surface area contributed by atoms with Gasteiger partial charge in [0.2, 0.25) is 0 Å². The van der Waals surface area contributed by atoms with E-state index in [1.165, 1.54) is 29.5 Å². The lowest BCUT2D eigenvalue weighted by Gasteiger charge is -2.15. The van der Waals surface area contributed by atoms with E-state index in [0.29, 0.717) is 5.92 Å². The largest absolute Gasteiger partial charge is 0.0801 e. The number of allylic oxidation sites excluding steroid dienone is 2. The van der Waals surface area contributed by atoms with Gasteiger partial charge < -0.3 is 0 Å². The summed E-state index contributed by atoms with van der Waals surface area (Å²) in [6.45, 7) is 0. The second kappa shape index (κ2) is 4.58. The second-order valence-electron chi connectivity index (χ2n) is 4.57. The van der Waals surface area contributed by atoms with Crippen LogP contribution in [-0.2, 0) is 0 Å². The van der Waals surface area contributed by atoms with Crippen molar-refractivity contribution in [1.29, 1.82) is 0 Å². The second-order valence-corrected chi connectivity index (χ2v) is 4.57. The van der Waals surface area contributed by atoms with Crippen LogP contribution in [0.25, 0.3) is 5.57 Å². The van der Waals surface area contributed by atoms with Crippen LogP contribution in [0.15, 0.2) is 66.7 Å². The zero-order chi connectivity index (χ0) is 11.5. The Labute approximate surface area is 103 Å². The SMILES string of the molecule is C1=C(c2ccccc2)C(c2ccccc2)CC1. The van der Waals surface area contributed by atoms with Crippen LogP contribution < -0.4 is 0 Å². The molecular formula is C17H16. The highest BCUT2D eigenvalue weighted by Crippen LogP contribution is 2.40. The predicted molar refractivity (Wildman–Crippen MR) is 72.8 cm³/mol. The Morgan fingerprint density at radius 3 is 2.12 bits per heavy atom. The molecule has 0 heterocycles. The minimum Gasteiger partial charge on any atom is -0.0801 e. The minimum absolute atomic E-state index is 0.582. The number of hydrogen-bond donors (Lipinski definition) is 0. The lowest BCUT2D eigenvalue weighted by atomic mass is 9.89. The van der Waals surface area contributed by atoms with Crippen molar-refractivity contribution >= 4 is 5.57 Å². The first-order chi connectivity index (χ1) is 8.45. The van der Waals surface area contributed by atoms with Crippen LogP contribution in [0.2, 0.25) is 0 Å². The molecule has 0 nitrogen and oxygen atoms in total. The van der Waals surface area contributed by atoms with Crippen LogP contribution >= 0.6 is 0 Å². The van der Waals surface area contributed by atoms with E-state index < -0.39 is 0 Å². The monoisotopic (exact) mass is 220 g/mol. The topological polar surface area (TPSA) is 0 Å². The molecule has 0 radical (unpaired) electrons. The maximum Gasteiger partial charge on any atom is 0.00950 e. The number of hydrogen-bond acceptors (Lipinski definition) is 0. The third-order valence-corrected chi connectivity index (χ3v) is 3.50. The maximum absolute atomic E-state index is 2.40. The summed E-state index contributed by atoms with van der Waals surface area (Å²) in [5.74, 6) is 0.582. The van der Waals surface area contributed by atoms with Gasteiger partial charge in [0, 0.05) is 5.92 Å². The average molecular weight is 220 g/mol. The summed E-state index contributed by atoms with van der Waals surface area (Å²) in [6.07, 6.45) is 4.84. The van der Waals surface area contributed by atoms with Gasteiger partial charge in [-0.05, 0) is 29.5 Å². The summed E-state index contributed by atoms with van der Waals surface area (Å²) < 4.78 is 0. The van der Waals surface area contributed by atoms with E-state index in [9.17, 15) is 0 Å². The van der Waals surface area contributed by atoms with Gasteiger partial charge in [0.25, 0.3) is 0 Å². The Bertz CT molecular complexity index is 508. The molecule has 3 rings (SSSR count). The van der Waals surface area contributed by atoms with Crippen LogP contribution in [0.5, 0.6) is 0 Å². The molecule has 1 unspecified atom stereocenters. The van der Waals surface area contributed by atoms with Gasteiger partial charge in [-0.15, -0.1) is 0 Å². The maximum atomic E-state index is 2.40. The zero-order valence-corrected chi connectivity index (χ0v) is 9.84. The van der Waals surface area contributed by atoms with E-state index in [1.54, 1.807) is 0 Å². The first-order valence-electron chi connectivity index (χ1n) is 6.25. The summed E-state index contributed by atoms with van der Waals surface area (Å²) in [5, 5.41) is 0. The Kier molecular flexibility index (Phi) is 2.79. The first-order valence-corrected chi connectivity index (χ1v) is 6.25. The fourth-order valence-corrected chi connectivity index (χ4v) is 2.68. The third kappa shape index (κ3) is 2.03. The lowest BCUT2D eigenvalue weighted by Crippen LogP contribution is -1.97. The molecule has 2 aromatic carbocycles. The van der Waals surface area contributed by atoms with E-state index in [1.807, 2.05) is 0 Å². The standard InChI is InChI=1S/C17H16/c1-3-8-14(9-4-1)16-12-7-13-17(16)15-10-5-2-6-11-15/h1-6,8-12,17H,7,13H2. The molecule has 17 heavy (non-hydrogen) atoms. The molecule has 0 aliphatic heterocycles. The molecule has 0 spiro atoms. The number of rotatable bonds is 2. The smallest absolute Gasteiger partial charge is 0.00950 e. The highest BCUT2D eigenvalue weighted by atomic mass is 14.3. The molecular weight excluding hydrogens is 204 g/mol. The van der Waals surface area contributed by atoms with Crippen molar-refractivity contribution in [2.24, 2.45) is 0 Å². The third-order valence-electron chi connectivity index (χ3n) is 3.50. The first kappa shape index (κ1) is 10.3. The van der Waals surface area contributed by atoms with Crippen LogP contribution in [-0.4, -0.2) is 0 Å². The van der Waals surface area contributed by atoms with Crippen LogP contribution in [0.3, 0.4) is 0 Å². The van der Waals surface area contributed by atoms with E-state index >= 15 is 0 Å². The minimum atomic E-state index is 0.582. The van der Waals surface area contributed by atoms with Crippen LogP contribution in [0.1, 0.15) is 29.9 Å². The molecule has 0 heteroatoms. The molecule has 0 aromatic heterocycles. The fourth-order valence-electron chi connectivity index (χ4n) is 2.68. The van der Waals surface area contributed by atoms with E-state index in [0.717, 1.165) is 0 Å². The lowest BCUT2D eigenvalue weighted by molar-refractivity contribution is 0.811. The van der Waals surface area contributed by atoms with Crippen molar-refractivity contribution < 1.29 is 0 Å². The van der Waals surface area contributed by atoms with Crippen molar-refractivity contribution in [3.63, 3.8) is 0 Å². The molecule has 0 saturated heterocycles. The van der Waals surface area contributed by atoms with Crippen molar-refractivity contribution in [3.8, 4) is 0 Å². The van der Waals surface area contributed by atoms with Gasteiger partial charge >= 0.3 is 0 Å². The molecule has 84 valence electrons. The van der Waals surface area contributed by atoms with Gasteiger partial charge in [-0.2, -0.15) is 0 Å². The van der Waals surface area contributed by atoms with Gasteiger partial charge in [-0.25, -0.2) is 0 Å². The Morgan fingerprint density at radius 2 is 1.41 bits per heavy atom. The van der Waals surface area contributed by atoms with E-state index in [2.05, 4.69) is 66.7 Å². The van der Waals surface area contributed by atoms with Gasteiger partial charge in [-0.1, -0.05) is 66.7 Å². The summed E-state index contributed by atoms with van der Waals surface area (Å²) in [7, 11) is 0. The van der Waals surface area contributed by atoms with Gasteiger partial charge in [0.05, 0.1) is 0 Å². The van der Waals surface area contributed by atoms with E-state index in [-0.39, 0.29) is 0 Å². The van der Waals surface area contributed by atoms with Crippen molar-refractivity contribution in [2.75, 3.05) is 0 Å². The Morgan fingerprint density at radius 1 is 0.765 bits per heavy atom. The number of benzene rings is 2. The summed E-state index contributed by atoms with van der Waals surface area (Å²) in [4.78, 5) is 0. The highest BCUT2D eigenvalue weighted by molar-refractivity contribution is 5.73. The molecule has 1 aliphatic carbocycles. The van der Waals surface area contributed by atoms with Gasteiger partial charge in [-0.3, -0.25) is 0 Å². The molecule has 0 N–H and O–H groups in total. The highest BCUT2D eigenvalue weighted by Gasteiger charge is 2.21. The van der Waals surface area contributed by atoms with Gasteiger partial charge in [0.15, 0.2) is 0 Å². The molecule has 0 saturated carbocycles. The molecule has 1 atom stereocenters. The Hall–Kier alpha value is -1.82. The fraction of sp³-hybridized carbons (Fsp3) is 0.176. The average Bonchev–Trinajstić information content (AvgIpc) is 2.90. The predicted octanol–water partition coefficient (Wildman–Crippen LogP) is 4.65. The molecule has 0 fully saturated rings. The normalized spacial score (nSPS) is 19.1. The molecule has 1 aliphatic rings. The summed E-state index contributed by atoms with van der Waals surface area (Å²) >= 11 is 0. The molecule has 2 aromatic rings. The molecule has 0 amide bonds. The van der Waals surface area contributed by atoms with Crippen LogP contribution in [0.4, 0.5) is 0 Å². The summed E-state index contributed by atoms with van der Waals surface area (Å²) in [5.41, 5.74) is 4.32. The van der Waals surface area contributed by atoms with Crippen LogP contribution in [0, 0.1) is 0 Å². The van der Waals surface area contributed by atoms with Crippen molar-refractivity contribution in [3.05, 3.63) is 77.9 Å². The Balaban J connectivity index is 1.96. The quantitative estimate of drug-likeness (QED) is 0.691. The van der Waals surface area contributed by atoms with E-state index in [4.69, 9.17) is 0 Å². The zero-order valence-electron chi connectivity index (χ0n) is 9.84. The van der Waals surface area contributed by atoms with Gasteiger partial charge in [0.1, 0.15) is 0 Å². The summed E-state index contributed by atoms with van der Waals surface area (Å²) in [6, 6.07) is 21.6.